The molecule has 0 heterocycles. The number of thiocarbonyl (C=S) groups is 1. The minimum Gasteiger partial charge on any atom is -0.411 e. The first-order valence-electron chi connectivity index (χ1n) is 4.83. The molecule has 15 heavy (non-hydrogen) atoms. The Kier molecular flexibility index (Phi) is 16.1. The van der Waals surface area contributed by atoms with E-state index >= 15 is 0 Å². The molecule has 0 aliphatic carbocycles. The summed E-state index contributed by atoms with van der Waals surface area (Å²) in [5.74, 6) is 0. The smallest absolute Gasteiger partial charge is 0.411 e. The zero-order chi connectivity index (χ0) is 10.8. The van der Waals surface area contributed by atoms with Gasteiger partial charge in [-0.1, -0.05) is 4.32 Å². The van der Waals surface area contributed by atoms with Crippen LogP contribution in [0.3, 0.4) is 0 Å². The summed E-state index contributed by atoms with van der Waals surface area (Å²) in [5, 5.41) is 0. The van der Waals surface area contributed by atoms with Crippen LogP contribution < -0.4 is 29.6 Å². The molecule has 0 aliphatic rings. The Morgan fingerprint density at radius 1 is 1.13 bits per heavy atom. The molecule has 0 radical (unpaired) electrons. The van der Waals surface area contributed by atoms with Crippen molar-refractivity contribution in [3.63, 3.8) is 0 Å². The minimum atomic E-state index is 0. The summed E-state index contributed by atoms with van der Waals surface area (Å²) in [6.07, 6.45) is 0. The fraction of sp³-hybridized carbons (Fsp3) is 0.889. The Balaban J connectivity index is 0. The number of hydrogen-bond donors (Lipinski definition) is 0. The van der Waals surface area contributed by atoms with Crippen LogP contribution in [-0.4, -0.2) is 48.7 Å². The second kappa shape index (κ2) is 13.1. The Morgan fingerprint density at radius 2 is 1.53 bits per heavy atom. The van der Waals surface area contributed by atoms with E-state index in [-0.39, 0.29) is 29.6 Å². The standard InChI is InChI=1S/C9H19NO2S2.Na/c1-3-11-7-5-10(9(13)14)6-8-12-4-2;/h3-8H2,1-2H3,(H,13,14);/q;+1/p-1. The average molecular weight is 259 g/mol. The number of nitrogens with zero attached hydrogens (tertiary/aromatic N) is 1. The van der Waals surface area contributed by atoms with Crippen molar-refractivity contribution >= 4 is 29.2 Å². The van der Waals surface area contributed by atoms with Gasteiger partial charge in [0.25, 0.3) is 0 Å². The molecule has 0 aromatic carbocycles. The molecule has 3 nitrogen and oxygen atoms in total. The largest absolute Gasteiger partial charge is 1.00 e. The van der Waals surface area contributed by atoms with Crippen LogP contribution in [0.25, 0.3) is 0 Å². The molecule has 0 amide bonds. The van der Waals surface area contributed by atoms with Gasteiger partial charge in [0.15, 0.2) is 0 Å². The molecule has 0 rings (SSSR count). The van der Waals surface area contributed by atoms with Crippen molar-refractivity contribution in [2.45, 2.75) is 13.8 Å². The fourth-order valence-corrected chi connectivity index (χ4v) is 1.30. The van der Waals surface area contributed by atoms with E-state index in [9.17, 15) is 0 Å². The van der Waals surface area contributed by atoms with Crippen LogP contribution in [0.1, 0.15) is 13.8 Å². The third-order valence-corrected chi connectivity index (χ3v) is 2.19. The fourth-order valence-electron chi connectivity index (χ4n) is 0.933. The van der Waals surface area contributed by atoms with Gasteiger partial charge in [-0.25, -0.2) is 0 Å². The Bertz CT molecular complexity index is 151. The summed E-state index contributed by atoms with van der Waals surface area (Å²) < 4.78 is 11.0. The van der Waals surface area contributed by atoms with Crippen LogP contribution in [0.2, 0.25) is 0 Å². The second-order valence-corrected chi connectivity index (χ2v) is 3.68. The third kappa shape index (κ3) is 11.3. The molecule has 0 bridgehead atoms. The van der Waals surface area contributed by atoms with Crippen LogP contribution in [0, 0.1) is 0 Å². The van der Waals surface area contributed by atoms with Gasteiger partial charge in [-0.05, 0) is 13.8 Å². The van der Waals surface area contributed by atoms with Gasteiger partial charge in [0.2, 0.25) is 0 Å². The molecule has 0 unspecified atom stereocenters. The molecular weight excluding hydrogens is 241 g/mol. The predicted molar refractivity (Wildman–Crippen MR) is 64.5 cm³/mol. The van der Waals surface area contributed by atoms with Gasteiger partial charge in [-0.3, -0.25) is 0 Å². The Labute approximate surface area is 126 Å². The monoisotopic (exact) mass is 259 g/mol. The molecule has 0 aromatic rings. The minimum absolute atomic E-state index is 0. The maximum Gasteiger partial charge on any atom is 1.00 e. The summed E-state index contributed by atoms with van der Waals surface area (Å²) in [6.45, 7) is 8.23. The molecular formula is C9H18NNaO2S2. The van der Waals surface area contributed by atoms with Crippen molar-refractivity contribution in [2.24, 2.45) is 0 Å². The van der Waals surface area contributed by atoms with Crippen molar-refractivity contribution in [1.82, 2.24) is 4.90 Å². The van der Waals surface area contributed by atoms with E-state index in [1.165, 1.54) is 0 Å². The van der Waals surface area contributed by atoms with E-state index in [0.29, 0.717) is 17.5 Å². The topological polar surface area (TPSA) is 21.7 Å². The van der Waals surface area contributed by atoms with E-state index in [1.54, 1.807) is 0 Å². The van der Waals surface area contributed by atoms with Gasteiger partial charge in [0, 0.05) is 26.3 Å². The van der Waals surface area contributed by atoms with Crippen molar-refractivity contribution in [2.75, 3.05) is 39.5 Å². The van der Waals surface area contributed by atoms with Gasteiger partial charge in [0.05, 0.1) is 13.2 Å². The first-order chi connectivity index (χ1) is 6.72. The summed E-state index contributed by atoms with van der Waals surface area (Å²) in [4.78, 5) is 1.93. The predicted octanol–water partition coefficient (Wildman–Crippen LogP) is -1.80. The van der Waals surface area contributed by atoms with Gasteiger partial charge in [0.1, 0.15) is 0 Å². The van der Waals surface area contributed by atoms with Gasteiger partial charge < -0.3 is 39.2 Å². The molecule has 84 valence electrons. The maximum absolute atomic E-state index is 5.23. The summed E-state index contributed by atoms with van der Waals surface area (Å²) >= 11 is 9.89. The number of hydrogen-bond acceptors (Lipinski definition) is 4. The van der Waals surface area contributed by atoms with Gasteiger partial charge >= 0.3 is 29.6 Å². The van der Waals surface area contributed by atoms with Crippen molar-refractivity contribution in [3.8, 4) is 0 Å². The van der Waals surface area contributed by atoms with Crippen LogP contribution in [-0.2, 0) is 22.1 Å². The molecule has 0 fully saturated rings. The molecule has 0 saturated carbocycles. The van der Waals surface area contributed by atoms with Gasteiger partial charge in [-0.2, -0.15) is 0 Å². The zero-order valence-corrected chi connectivity index (χ0v) is 13.5. The molecule has 0 N–H and O–H groups in total. The van der Waals surface area contributed by atoms with E-state index in [0.717, 1.165) is 26.3 Å². The first kappa shape index (κ1) is 18.4. The van der Waals surface area contributed by atoms with Crippen molar-refractivity contribution in [3.05, 3.63) is 0 Å². The molecule has 6 heteroatoms. The number of ether oxygens (including phenoxy) is 2. The molecule has 0 saturated heterocycles. The third-order valence-electron chi connectivity index (χ3n) is 1.68. The van der Waals surface area contributed by atoms with E-state index < -0.39 is 0 Å². The average Bonchev–Trinajstić information content (AvgIpc) is 2.15. The Hall–Kier alpha value is 1.03. The van der Waals surface area contributed by atoms with Crippen LogP contribution in [0.4, 0.5) is 0 Å². The molecule has 0 aliphatic heterocycles. The zero-order valence-electron chi connectivity index (χ0n) is 9.82. The van der Waals surface area contributed by atoms with E-state index in [1.807, 2.05) is 18.7 Å². The van der Waals surface area contributed by atoms with Crippen molar-refractivity contribution < 1.29 is 39.0 Å². The summed E-state index contributed by atoms with van der Waals surface area (Å²) in [5.41, 5.74) is 0. The Morgan fingerprint density at radius 3 is 1.80 bits per heavy atom. The molecule has 0 atom stereocenters. The number of rotatable bonds is 8. The maximum atomic E-state index is 5.23. The van der Waals surface area contributed by atoms with E-state index in [4.69, 9.17) is 34.3 Å². The normalized spacial score (nSPS) is 9.47. The summed E-state index contributed by atoms with van der Waals surface area (Å²) in [7, 11) is 0. The van der Waals surface area contributed by atoms with Gasteiger partial charge in [-0.15, -0.1) is 0 Å². The second-order valence-electron chi connectivity index (χ2n) is 2.65. The summed E-state index contributed by atoms with van der Waals surface area (Å²) in [6, 6.07) is 0. The van der Waals surface area contributed by atoms with E-state index in [2.05, 4.69) is 0 Å². The first-order valence-corrected chi connectivity index (χ1v) is 5.65. The molecule has 0 spiro atoms. The van der Waals surface area contributed by atoms with Crippen LogP contribution in [0.15, 0.2) is 0 Å². The SMILES string of the molecule is CCOCCN(CCOCC)C(=S)[S-].[Na+]. The van der Waals surface area contributed by atoms with Crippen molar-refractivity contribution in [1.29, 1.82) is 0 Å². The quantitative estimate of drug-likeness (QED) is 0.221. The molecule has 0 aromatic heterocycles. The van der Waals surface area contributed by atoms with Crippen LogP contribution in [0.5, 0.6) is 0 Å². The van der Waals surface area contributed by atoms with Crippen LogP contribution >= 0.6 is 12.2 Å².